The number of hydrogen-bond donors (Lipinski definition) is 3. The van der Waals surface area contributed by atoms with Gasteiger partial charge in [0.2, 0.25) is 0 Å². The molecule has 0 unspecified atom stereocenters. The number of hydrogen-bond acceptors (Lipinski definition) is 3. The maximum absolute atomic E-state index is 12.3. The van der Waals surface area contributed by atoms with Gasteiger partial charge >= 0.3 is 0 Å². The molecular formula is C15H23N3O2. The monoisotopic (exact) mass is 277 g/mol. The lowest BCUT2D eigenvalue weighted by atomic mass is 9.89. The number of amidine groups is 1. The molecule has 1 aromatic rings. The van der Waals surface area contributed by atoms with Crippen LogP contribution in [0.4, 0.5) is 0 Å². The molecule has 0 saturated carbocycles. The molecule has 1 amide bonds. The molecule has 0 aliphatic rings. The van der Waals surface area contributed by atoms with E-state index in [4.69, 9.17) is 10.9 Å². The predicted octanol–water partition coefficient (Wildman–Crippen LogP) is 2.48. The first-order chi connectivity index (χ1) is 9.51. The van der Waals surface area contributed by atoms with E-state index in [1.165, 1.54) is 0 Å². The highest BCUT2D eigenvalue weighted by atomic mass is 16.4. The standard InChI is InChI=1S/C15H23N3O2/c1-4-15(5-2,6-3)17-14(19)12-9-7-8-11(10-12)13(16)18-20/h7-10,20H,4-6H2,1-3H3,(H2,16,18)(H,17,19). The lowest BCUT2D eigenvalue weighted by Crippen LogP contribution is -2.47. The van der Waals surface area contributed by atoms with Crippen molar-refractivity contribution < 1.29 is 10.0 Å². The molecule has 110 valence electrons. The number of rotatable bonds is 6. The number of carbonyl (C=O) groups excluding carboxylic acids is 1. The Hall–Kier alpha value is -2.04. The number of nitrogens with one attached hydrogen (secondary N) is 1. The highest BCUT2D eigenvalue weighted by molar-refractivity contribution is 6.01. The SMILES string of the molecule is CCC(CC)(CC)NC(=O)c1cccc(C(N)=NO)c1. The second-order valence-electron chi connectivity index (χ2n) is 4.86. The zero-order valence-corrected chi connectivity index (χ0v) is 12.3. The van der Waals surface area contributed by atoms with Crippen LogP contribution in [0.25, 0.3) is 0 Å². The van der Waals surface area contributed by atoms with E-state index in [0.29, 0.717) is 11.1 Å². The molecule has 0 atom stereocenters. The van der Waals surface area contributed by atoms with Crippen molar-refractivity contribution in [2.75, 3.05) is 0 Å². The first kappa shape index (κ1) is 16.0. The molecular weight excluding hydrogens is 254 g/mol. The van der Waals surface area contributed by atoms with E-state index in [1.54, 1.807) is 24.3 Å². The molecule has 5 nitrogen and oxygen atoms in total. The minimum absolute atomic E-state index is 0.00705. The van der Waals surface area contributed by atoms with Crippen molar-refractivity contribution >= 4 is 11.7 Å². The predicted molar refractivity (Wildman–Crippen MR) is 80.0 cm³/mol. The minimum atomic E-state index is -0.177. The van der Waals surface area contributed by atoms with Gasteiger partial charge < -0.3 is 16.3 Å². The lowest BCUT2D eigenvalue weighted by Gasteiger charge is -2.31. The Morgan fingerprint density at radius 2 is 1.80 bits per heavy atom. The lowest BCUT2D eigenvalue weighted by molar-refractivity contribution is 0.0888. The third-order valence-electron chi connectivity index (χ3n) is 3.94. The fourth-order valence-electron chi connectivity index (χ4n) is 2.21. The average molecular weight is 277 g/mol. The van der Waals surface area contributed by atoms with E-state index in [0.717, 1.165) is 19.3 Å². The molecule has 1 aromatic carbocycles. The van der Waals surface area contributed by atoms with Crippen molar-refractivity contribution in [2.24, 2.45) is 10.9 Å². The second-order valence-corrected chi connectivity index (χ2v) is 4.86. The van der Waals surface area contributed by atoms with Gasteiger partial charge in [-0.3, -0.25) is 4.79 Å². The van der Waals surface area contributed by atoms with Crippen LogP contribution in [0.1, 0.15) is 56.0 Å². The van der Waals surface area contributed by atoms with Crippen LogP contribution in [0.5, 0.6) is 0 Å². The Kier molecular flexibility index (Phi) is 5.55. The number of oxime groups is 1. The minimum Gasteiger partial charge on any atom is -0.409 e. The van der Waals surface area contributed by atoms with Crippen LogP contribution >= 0.6 is 0 Å². The maximum Gasteiger partial charge on any atom is 0.251 e. The van der Waals surface area contributed by atoms with E-state index < -0.39 is 0 Å². The van der Waals surface area contributed by atoms with Crippen molar-refractivity contribution in [3.05, 3.63) is 35.4 Å². The molecule has 20 heavy (non-hydrogen) atoms. The van der Waals surface area contributed by atoms with Crippen LogP contribution in [-0.4, -0.2) is 22.5 Å². The van der Waals surface area contributed by atoms with Gasteiger partial charge in [-0.05, 0) is 31.4 Å². The molecule has 0 fully saturated rings. The molecule has 0 saturated heterocycles. The summed E-state index contributed by atoms with van der Waals surface area (Å²) in [5, 5.41) is 14.7. The Labute approximate surface area is 119 Å². The highest BCUT2D eigenvalue weighted by Crippen LogP contribution is 2.20. The largest absolute Gasteiger partial charge is 0.409 e. The summed E-state index contributed by atoms with van der Waals surface area (Å²) in [4.78, 5) is 12.3. The van der Waals surface area contributed by atoms with E-state index in [2.05, 4.69) is 31.2 Å². The van der Waals surface area contributed by atoms with Crippen molar-refractivity contribution in [3.8, 4) is 0 Å². The molecule has 0 aliphatic heterocycles. The summed E-state index contributed by atoms with van der Waals surface area (Å²) in [6.45, 7) is 6.21. The van der Waals surface area contributed by atoms with Gasteiger partial charge in [-0.15, -0.1) is 0 Å². The fourth-order valence-corrected chi connectivity index (χ4v) is 2.21. The Morgan fingerprint density at radius 3 is 2.30 bits per heavy atom. The van der Waals surface area contributed by atoms with Gasteiger partial charge in [0.25, 0.3) is 5.91 Å². The van der Waals surface area contributed by atoms with Crippen molar-refractivity contribution in [3.63, 3.8) is 0 Å². The van der Waals surface area contributed by atoms with Gasteiger partial charge in [-0.25, -0.2) is 0 Å². The summed E-state index contributed by atoms with van der Waals surface area (Å²) < 4.78 is 0. The van der Waals surface area contributed by atoms with Crippen molar-refractivity contribution in [1.82, 2.24) is 5.32 Å². The molecule has 1 rings (SSSR count). The van der Waals surface area contributed by atoms with Crippen LogP contribution in [0.2, 0.25) is 0 Å². The van der Waals surface area contributed by atoms with Gasteiger partial charge in [0, 0.05) is 16.7 Å². The molecule has 0 bridgehead atoms. The smallest absolute Gasteiger partial charge is 0.251 e. The van der Waals surface area contributed by atoms with Crippen molar-refractivity contribution in [2.45, 2.75) is 45.6 Å². The third-order valence-corrected chi connectivity index (χ3v) is 3.94. The van der Waals surface area contributed by atoms with E-state index in [9.17, 15) is 4.79 Å². The molecule has 0 aliphatic carbocycles. The summed E-state index contributed by atoms with van der Waals surface area (Å²) in [6, 6.07) is 6.75. The average Bonchev–Trinajstić information content (AvgIpc) is 2.52. The number of amides is 1. The fraction of sp³-hybridized carbons (Fsp3) is 0.467. The van der Waals surface area contributed by atoms with Gasteiger partial charge in [-0.2, -0.15) is 0 Å². The van der Waals surface area contributed by atoms with Crippen LogP contribution < -0.4 is 11.1 Å². The summed E-state index contributed by atoms with van der Waals surface area (Å²) in [7, 11) is 0. The van der Waals surface area contributed by atoms with E-state index in [-0.39, 0.29) is 17.3 Å². The first-order valence-corrected chi connectivity index (χ1v) is 6.92. The van der Waals surface area contributed by atoms with Gasteiger partial charge in [0.1, 0.15) is 0 Å². The molecule has 0 heterocycles. The molecule has 0 radical (unpaired) electrons. The normalized spacial score (nSPS) is 12.2. The van der Waals surface area contributed by atoms with E-state index in [1.807, 2.05) is 0 Å². The summed E-state index contributed by atoms with van der Waals surface area (Å²) in [5.41, 5.74) is 6.39. The maximum atomic E-state index is 12.3. The van der Waals surface area contributed by atoms with E-state index >= 15 is 0 Å². The molecule has 0 spiro atoms. The zero-order valence-electron chi connectivity index (χ0n) is 12.3. The Balaban J connectivity index is 2.98. The zero-order chi connectivity index (χ0) is 15.2. The summed E-state index contributed by atoms with van der Waals surface area (Å²) in [5.74, 6) is -0.143. The molecule has 0 aromatic heterocycles. The van der Waals surface area contributed by atoms with Crippen molar-refractivity contribution in [1.29, 1.82) is 0 Å². The van der Waals surface area contributed by atoms with Gasteiger partial charge in [-0.1, -0.05) is 38.1 Å². The number of nitrogens with two attached hydrogens (primary N) is 1. The quantitative estimate of drug-likeness (QED) is 0.323. The van der Waals surface area contributed by atoms with Crippen LogP contribution in [0, 0.1) is 0 Å². The first-order valence-electron chi connectivity index (χ1n) is 6.92. The van der Waals surface area contributed by atoms with Crippen LogP contribution in [-0.2, 0) is 0 Å². The number of nitrogens with zero attached hydrogens (tertiary/aromatic N) is 1. The summed E-state index contributed by atoms with van der Waals surface area (Å²) in [6.07, 6.45) is 2.64. The molecule has 4 N–H and O–H groups in total. The van der Waals surface area contributed by atoms with Gasteiger partial charge in [0.15, 0.2) is 5.84 Å². The summed E-state index contributed by atoms with van der Waals surface area (Å²) >= 11 is 0. The Morgan fingerprint density at radius 1 is 1.25 bits per heavy atom. The second kappa shape index (κ2) is 6.93. The number of benzene rings is 1. The van der Waals surface area contributed by atoms with Crippen LogP contribution in [0.3, 0.4) is 0 Å². The molecule has 5 heteroatoms. The van der Waals surface area contributed by atoms with Crippen LogP contribution in [0.15, 0.2) is 29.4 Å². The Bertz CT molecular complexity index is 485. The third kappa shape index (κ3) is 3.50. The highest BCUT2D eigenvalue weighted by Gasteiger charge is 2.26. The number of carbonyl (C=O) groups is 1. The topological polar surface area (TPSA) is 87.7 Å². The van der Waals surface area contributed by atoms with Gasteiger partial charge in [0.05, 0.1) is 0 Å².